The number of benzene rings is 1. The molecule has 84 valence electrons. The Bertz CT molecular complexity index is 643. The van der Waals surface area contributed by atoms with Crippen molar-refractivity contribution in [3.63, 3.8) is 0 Å². The Morgan fingerprint density at radius 3 is 3.00 bits per heavy atom. The van der Waals surface area contributed by atoms with E-state index in [0.717, 1.165) is 0 Å². The summed E-state index contributed by atoms with van der Waals surface area (Å²) in [4.78, 5) is 14.9. The Kier molecular flexibility index (Phi) is 2.97. The molecule has 0 spiro atoms. The van der Waals surface area contributed by atoms with E-state index in [-0.39, 0.29) is 6.54 Å². The van der Waals surface area contributed by atoms with Gasteiger partial charge in [0.1, 0.15) is 5.82 Å². The van der Waals surface area contributed by atoms with Gasteiger partial charge in [0.2, 0.25) is 0 Å². The highest BCUT2D eigenvalue weighted by Crippen LogP contribution is 2.10. The van der Waals surface area contributed by atoms with Gasteiger partial charge in [-0.3, -0.25) is 4.57 Å². The molecule has 1 heterocycles. The second-order valence-electron chi connectivity index (χ2n) is 3.45. The summed E-state index contributed by atoms with van der Waals surface area (Å²) in [7, 11) is 0. The van der Waals surface area contributed by atoms with Crippen molar-refractivity contribution in [2.45, 2.75) is 6.54 Å². The first-order chi connectivity index (χ1) is 8.20. The van der Waals surface area contributed by atoms with Crippen LogP contribution in [-0.2, 0) is 6.54 Å². The van der Waals surface area contributed by atoms with Gasteiger partial charge in [-0.25, -0.2) is 14.2 Å². The predicted octanol–water partition coefficient (Wildman–Crippen LogP) is 1.30. The predicted molar refractivity (Wildman–Crippen MR) is 58.7 cm³/mol. The molecule has 0 saturated heterocycles. The highest BCUT2D eigenvalue weighted by Gasteiger charge is 2.05. The standard InChI is InChI=1S/C12H8FN3O/c13-11-3-2-9(7-14)6-10(11)8-16-5-1-4-15-12(16)17/h1-6H,8H2. The maximum absolute atomic E-state index is 13.5. The van der Waals surface area contributed by atoms with Crippen molar-refractivity contribution < 1.29 is 4.39 Å². The van der Waals surface area contributed by atoms with E-state index in [2.05, 4.69) is 4.98 Å². The molecule has 0 saturated carbocycles. The summed E-state index contributed by atoms with van der Waals surface area (Å²) in [6.07, 6.45) is 2.90. The number of aromatic nitrogens is 2. The Balaban J connectivity index is 2.40. The van der Waals surface area contributed by atoms with Gasteiger partial charge in [0.05, 0.1) is 18.2 Å². The molecular weight excluding hydrogens is 221 g/mol. The first kappa shape index (κ1) is 11.0. The van der Waals surface area contributed by atoms with Crippen LogP contribution in [0.5, 0.6) is 0 Å². The second kappa shape index (κ2) is 4.58. The summed E-state index contributed by atoms with van der Waals surface area (Å²) in [6.45, 7) is 0.0635. The molecule has 0 fully saturated rings. The van der Waals surface area contributed by atoms with Crippen molar-refractivity contribution in [1.29, 1.82) is 5.26 Å². The molecule has 0 N–H and O–H groups in total. The van der Waals surface area contributed by atoms with E-state index in [1.165, 1.54) is 35.2 Å². The van der Waals surface area contributed by atoms with Gasteiger partial charge in [-0.1, -0.05) is 0 Å². The molecule has 0 aliphatic rings. The maximum Gasteiger partial charge on any atom is 0.347 e. The molecule has 4 nitrogen and oxygen atoms in total. The third kappa shape index (κ3) is 2.37. The fourth-order valence-electron chi connectivity index (χ4n) is 1.46. The van der Waals surface area contributed by atoms with Gasteiger partial charge in [-0.15, -0.1) is 0 Å². The largest absolute Gasteiger partial charge is 0.347 e. The van der Waals surface area contributed by atoms with E-state index in [0.29, 0.717) is 11.1 Å². The zero-order chi connectivity index (χ0) is 12.3. The number of hydrogen-bond acceptors (Lipinski definition) is 3. The van der Waals surface area contributed by atoms with Crippen LogP contribution in [-0.4, -0.2) is 9.55 Å². The van der Waals surface area contributed by atoms with E-state index in [4.69, 9.17) is 5.26 Å². The molecule has 0 unspecified atom stereocenters. The Morgan fingerprint density at radius 2 is 2.29 bits per heavy atom. The molecule has 17 heavy (non-hydrogen) atoms. The van der Waals surface area contributed by atoms with Gasteiger partial charge in [0, 0.05) is 18.0 Å². The van der Waals surface area contributed by atoms with Crippen LogP contribution < -0.4 is 5.69 Å². The first-order valence-corrected chi connectivity index (χ1v) is 4.90. The zero-order valence-corrected chi connectivity index (χ0v) is 8.80. The molecule has 2 aromatic rings. The van der Waals surface area contributed by atoms with E-state index in [1.54, 1.807) is 6.07 Å². The highest BCUT2D eigenvalue weighted by molar-refractivity contribution is 5.33. The quantitative estimate of drug-likeness (QED) is 0.779. The number of nitriles is 1. The molecule has 0 bridgehead atoms. The van der Waals surface area contributed by atoms with Gasteiger partial charge in [0.15, 0.2) is 0 Å². The monoisotopic (exact) mass is 229 g/mol. The smallest absolute Gasteiger partial charge is 0.295 e. The van der Waals surface area contributed by atoms with Gasteiger partial charge >= 0.3 is 5.69 Å². The molecule has 0 amide bonds. The van der Waals surface area contributed by atoms with E-state index in [9.17, 15) is 9.18 Å². The van der Waals surface area contributed by atoms with Gasteiger partial charge in [-0.2, -0.15) is 5.26 Å². The molecule has 0 atom stereocenters. The van der Waals surface area contributed by atoms with Crippen LogP contribution in [0.25, 0.3) is 0 Å². The lowest BCUT2D eigenvalue weighted by Crippen LogP contribution is -2.22. The van der Waals surface area contributed by atoms with E-state index >= 15 is 0 Å². The lowest BCUT2D eigenvalue weighted by Gasteiger charge is -2.05. The lowest BCUT2D eigenvalue weighted by atomic mass is 10.1. The van der Waals surface area contributed by atoms with Gasteiger partial charge < -0.3 is 0 Å². The van der Waals surface area contributed by atoms with Crippen LogP contribution in [0.2, 0.25) is 0 Å². The fourth-order valence-corrected chi connectivity index (χ4v) is 1.46. The van der Waals surface area contributed by atoms with Crippen molar-refractivity contribution >= 4 is 0 Å². The maximum atomic E-state index is 13.5. The van der Waals surface area contributed by atoms with Crippen molar-refractivity contribution in [3.8, 4) is 6.07 Å². The summed E-state index contributed by atoms with van der Waals surface area (Å²) in [6, 6.07) is 7.55. The number of hydrogen-bond donors (Lipinski definition) is 0. The molecule has 0 aliphatic carbocycles. The summed E-state index contributed by atoms with van der Waals surface area (Å²) in [5.74, 6) is -0.445. The van der Waals surface area contributed by atoms with Crippen LogP contribution in [0.4, 0.5) is 4.39 Å². The first-order valence-electron chi connectivity index (χ1n) is 4.90. The zero-order valence-electron chi connectivity index (χ0n) is 8.80. The van der Waals surface area contributed by atoms with Crippen LogP contribution in [0.15, 0.2) is 41.5 Å². The lowest BCUT2D eigenvalue weighted by molar-refractivity contribution is 0.593. The minimum absolute atomic E-state index is 0.0635. The van der Waals surface area contributed by atoms with Gasteiger partial charge in [0.25, 0.3) is 0 Å². The minimum Gasteiger partial charge on any atom is -0.295 e. The summed E-state index contributed by atoms with van der Waals surface area (Å²) in [5, 5.41) is 8.72. The topological polar surface area (TPSA) is 58.7 Å². The average molecular weight is 229 g/mol. The molecule has 0 aliphatic heterocycles. The van der Waals surface area contributed by atoms with Crippen LogP contribution in [0.3, 0.4) is 0 Å². The SMILES string of the molecule is N#Cc1ccc(F)c(Cn2cccnc2=O)c1. The highest BCUT2D eigenvalue weighted by atomic mass is 19.1. The molecule has 1 aromatic heterocycles. The second-order valence-corrected chi connectivity index (χ2v) is 3.45. The van der Waals surface area contributed by atoms with Crippen molar-refractivity contribution in [2.24, 2.45) is 0 Å². The molecule has 0 radical (unpaired) electrons. The van der Waals surface area contributed by atoms with Crippen LogP contribution in [0.1, 0.15) is 11.1 Å². The minimum atomic E-state index is -0.450. The Hall–Kier alpha value is -2.48. The van der Waals surface area contributed by atoms with Crippen molar-refractivity contribution in [3.05, 3.63) is 64.1 Å². The van der Waals surface area contributed by atoms with E-state index in [1.807, 2.05) is 6.07 Å². The number of rotatable bonds is 2. The summed E-state index contributed by atoms with van der Waals surface area (Å²) < 4.78 is 14.8. The molecular formula is C12H8FN3O. The Morgan fingerprint density at radius 1 is 1.47 bits per heavy atom. The Labute approximate surface area is 96.6 Å². The van der Waals surface area contributed by atoms with Crippen LogP contribution >= 0.6 is 0 Å². The van der Waals surface area contributed by atoms with Gasteiger partial charge in [-0.05, 0) is 24.3 Å². The van der Waals surface area contributed by atoms with E-state index < -0.39 is 11.5 Å². The molecule has 5 heteroatoms. The van der Waals surface area contributed by atoms with Crippen molar-refractivity contribution in [1.82, 2.24) is 9.55 Å². The number of halogens is 1. The van der Waals surface area contributed by atoms with Crippen molar-refractivity contribution in [2.75, 3.05) is 0 Å². The summed E-state index contributed by atoms with van der Waals surface area (Å²) >= 11 is 0. The average Bonchev–Trinajstić information content (AvgIpc) is 2.35. The normalized spacial score (nSPS) is 9.88. The van der Waals surface area contributed by atoms with Crippen LogP contribution in [0, 0.1) is 17.1 Å². The third-order valence-corrected chi connectivity index (χ3v) is 2.30. The molecule has 2 rings (SSSR count). The molecule has 1 aromatic carbocycles. The fraction of sp³-hybridized carbons (Fsp3) is 0.0833. The summed E-state index contributed by atoms with van der Waals surface area (Å²) in [5.41, 5.74) is 0.201. The number of nitrogens with zero attached hydrogens (tertiary/aromatic N) is 3. The third-order valence-electron chi connectivity index (χ3n) is 2.30.